The first kappa shape index (κ1) is 6.93. The van der Waals surface area contributed by atoms with Crippen LogP contribution in [0.5, 0.6) is 0 Å². The molecule has 0 heterocycles. The van der Waals surface area contributed by atoms with Crippen LogP contribution in [-0.4, -0.2) is 12.1 Å². The summed E-state index contributed by atoms with van der Waals surface area (Å²) in [5.74, 6) is -0.183. The highest BCUT2D eigenvalue weighted by Crippen LogP contribution is 2.09. The van der Waals surface area contributed by atoms with Crippen molar-refractivity contribution in [2.24, 2.45) is 5.92 Å². The normalized spacial score (nSPS) is 23.2. The van der Waals surface area contributed by atoms with Crippen molar-refractivity contribution in [2.75, 3.05) is 0 Å². The molecule has 0 bridgehead atoms. The summed E-state index contributed by atoms with van der Waals surface area (Å²) >= 11 is 0. The van der Waals surface area contributed by atoms with Crippen LogP contribution in [0, 0.1) is 5.92 Å². The van der Waals surface area contributed by atoms with Crippen LogP contribution in [-0.2, 0) is 9.59 Å². The summed E-state index contributed by atoms with van der Waals surface area (Å²) in [5.41, 5.74) is 0. The van der Waals surface area contributed by atoms with Crippen LogP contribution in [0.3, 0.4) is 0 Å². The molecule has 0 aromatic heterocycles. The second-order valence-electron chi connectivity index (χ2n) is 2.16. The van der Waals surface area contributed by atoms with Crippen LogP contribution < -0.4 is 0 Å². The molecule has 1 rings (SSSR count). The molecule has 0 saturated heterocycles. The Labute approximate surface area is 59.2 Å². The van der Waals surface area contributed by atoms with E-state index in [1.165, 1.54) is 6.08 Å². The zero-order valence-corrected chi connectivity index (χ0v) is 5.49. The fourth-order valence-corrected chi connectivity index (χ4v) is 0.865. The van der Waals surface area contributed by atoms with Crippen LogP contribution in [0.15, 0.2) is 24.3 Å². The molecular formula is C8H8O2. The molecule has 10 heavy (non-hydrogen) atoms. The van der Waals surface area contributed by atoms with E-state index in [2.05, 4.69) is 0 Å². The first-order valence-corrected chi connectivity index (χ1v) is 3.17. The predicted octanol–water partition coefficient (Wildman–Crippen LogP) is 0.887. The van der Waals surface area contributed by atoms with Gasteiger partial charge in [-0.05, 0) is 6.08 Å². The molecule has 1 aliphatic carbocycles. The fraction of sp³-hybridized carbons (Fsp3) is 0.250. The van der Waals surface area contributed by atoms with E-state index in [9.17, 15) is 9.59 Å². The van der Waals surface area contributed by atoms with Gasteiger partial charge in [-0.1, -0.05) is 18.2 Å². The number of hydrogen-bond acceptors (Lipinski definition) is 2. The average Bonchev–Trinajstić information content (AvgIpc) is 1.94. The van der Waals surface area contributed by atoms with Crippen LogP contribution in [0.25, 0.3) is 0 Å². The summed E-state index contributed by atoms with van der Waals surface area (Å²) < 4.78 is 0. The quantitative estimate of drug-likeness (QED) is 0.528. The summed E-state index contributed by atoms with van der Waals surface area (Å²) in [6.07, 6.45) is 7.79. The van der Waals surface area contributed by atoms with E-state index in [0.29, 0.717) is 6.42 Å². The van der Waals surface area contributed by atoms with Crippen molar-refractivity contribution in [3.8, 4) is 0 Å². The second-order valence-corrected chi connectivity index (χ2v) is 2.16. The second kappa shape index (κ2) is 3.11. The number of carbonyl (C=O) groups excluding carboxylic acids is 2. The Kier molecular flexibility index (Phi) is 2.15. The molecule has 0 saturated carbocycles. The maximum absolute atomic E-state index is 10.9. The number of aldehydes is 1. The predicted molar refractivity (Wildman–Crippen MR) is 37.5 cm³/mol. The molecule has 0 fully saturated rings. The van der Waals surface area contributed by atoms with Gasteiger partial charge in [0.2, 0.25) is 0 Å². The lowest BCUT2D eigenvalue weighted by Crippen LogP contribution is -2.11. The van der Waals surface area contributed by atoms with Crippen molar-refractivity contribution < 1.29 is 9.59 Å². The Morgan fingerprint density at radius 1 is 1.50 bits per heavy atom. The first-order valence-electron chi connectivity index (χ1n) is 3.17. The molecule has 1 aliphatic rings. The smallest absolute Gasteiger partial charge is 0.162 e. The summed E-state index contributed by atoms with van der Waals surface area (Å²) in [6, 6.07) is 0. The highest BCUT2D eigenvalue weighted by atomic mass is 16.1. The minimum Gasteiger partial charge on any atom is -0.303 e. The Morgan fingerprint density at radius 3 is 2.90 bits per heavy atom. The number of ketones is 1. The zero-order valence-electron chi connectivity index (χ0n) is 5.49. The number of allylic oxidation sites excluding steroid dienone is 4. The summed E-state index contributed by atoms with van der Waals surface area (Å²) in [7, 11) is 0. The van der Waals surface area contributed by atoms with E-state index >= 15 is 0 Å². The van der Waals surface area contributed by atoms with Gasteiger partial charge in [0.25, 0.3) is 0 Å². The van der Waals surface area contributed by atoms with Gasteiger partial charge in [-0.2, -0.15) is 0 Å². The van der Waals surface area contributed by atoms with Gasteiger partial charge in [0.1, 0.15) is 6.29 Å². The molecule has 0 N–H and O–H groups in total. The van der Waals surface area contributed by atoms with E-state index in [4.69, 9.17) is 0 Å². The molecule has 0 aromatic carbocycles. The molecule has 0 amide bonds. The highest BCUT2D eigenvalue weighted by Gasteiger charge is 2.12. The maximum atomic E-state index is 10.9. The average molecular weight is 136 g/mol. The van der Waals surface area contributed by atoms with Crippen molar-refractivity contribution in [1.82, 2.24) is 0 Å². The van der Waals surface area contributed by atoms with Crippen LogP contribution in [0.4, 0.5) is 0 Å². The summed E-state index contributed by atoms with van der Waals surface area (Å²) in [5, 5.41) is 0. The monoisotopic (exact) mass is 136 g/mol. The third kappa shape index (κ3) is 1.41. The lowest BCUT2D eigenvalue weighted by Gasteiger charge is -2.05. The molecule has 0 radical (unpaired) electrons. The van der Waals surface area contributed by atoms with Crippen molar-refractivity contribution in [2.45, 2.75) is 6.42 Å². The lowest BCUT2D eigenvalue weighted by molar-refractivity contribution is -0.119. The standard InChI is InChI=1S/C8H8O2/c9-6-5-7-3-1-2-4-8(7)10/h1-4,6-7H,5H2. The number of hydrogen-bond donors (Lipinski definition) is 0. The van der Waals surface area contributed by atoms with E-state index in [1.807, 2.05) is 0 Å². The van der Waals surface area contributed by atoms with E-state index < -0.39 is 0 Å². The molecule has 0 aromatic rings. The van der Waals surface area contributed by atoms with E-state index in [-0.39, 0.29) is 11.7 Å². The minimum atomic E-state index is -0.206. The highest BCUT2D eigenvalue weighted by molar-refractivity contribution is 5.95. The molecule has 52 valence electrons. The molecule has 0 spiro atoms. The van der Waals surface area contributed by atoms with Crippen LogP contribution in [0.2, 0.25) is 0 Å². The zero-order chi connectivity index (χ0) is 7.40. The van der Waals surface area contributed by atoms with Gasteiger partial charge in [-0.3, -0.25) is 4.79 Å². The van der Waals surface area contributed by atoms with Gasteiger partial charge in [0.05, 0.1) is 0 Å². The minimum absolute atomic E-state index is 0.0228. The van der Waals surface area contributed by atoms with Gasteiger partial charge in [0, 0.05) is 12.3 Å². The number of carbonyl (C=O) groups is 2. The van der Waals surface area contributed by atoms with Crippen molar-refractivity contribution >= 4 is 12.1 Å². The topological polar surface area (TPSA) is 34.1 Å². The molecule has 2 heteroatoms. The van der Waals surface area contributed by atoms with Gasteiger partial charge in [-0.25, -0.2) is 0 Å². The van der Waals surface area contributed by atoms with Crippen molar-refractivity contribution in [1.29, 1.82) is 0 Å². The fourth-order valence-electron chi connectivity index (χ4n) is 0.865. The van der Waals surface area contributed by atoms with Crippen molar-refractivity contribution in [3.63, 3.8) is 0 Å². The van der Waals surface area contributed by atoms with E-state index in [0.717, 1.165) is 6.29 Å². The number of rotatable bonds is 2. The molecule has 0 aliphatic heterocycles. The molecule has 1 atom stereocenters. The Hall–Kier alpha value is -1.18. The van der Waals surface area contributed by atoms with Gasteiger partial charge >= 0.3 is 0 Å². The lowest BCUT2D eigenvalue weighted by atomic mass is 9.97. The summed E-state index contributed by atoms with van der Waals surface area (Å²) in [6.45, 7) is 0. The maximum Gasteiger partial charge on any atom is 0.162 e. The molecule has 1 unspecified atom stereocenters. The molecular weight excluding hydrogens is 128 g/mol. The Morgan fingerprint density at radius 2 is 2.30 bits per heavy atom. The van der Waals surface area contributed by atoms with Gasteiger partial charge in [0.15, 0.2) is 5.78 Å². The largest absolute Gasteiger partial charge is 0.303 e. The Balaban J connectivity index is 2.60. The van der Waals surface area contributed by atoms with Gasteiger partial charge in [-0.15, -0.1) is 0 Å². The Bertz CT molecular complexity index is 201. The summed E-state index contributed by atoms with van der Waals surface area (Å²) in [4.78, 5) is 20.9. The van der Waals surface area contributed by atoms with Crippen LogP contribution >= 0.6 is 0 Å². The van der Waals surface area contributed by atoms with E-state index in [1.54, 1.807) is 18.2 Å². The van der Waals surface area contributed by atoms with Gasteiger partial charge < -0.3 is 4.79 Å². The molecule has 2 nitrogen and oxygen atoms in total. The third-order valence-electron chi connectivity index (χ3n) is 1.43. The first-order chi connectivity index (χ1) is 4.84. The van der Waals surface area contributed by atoms with Crippen LogP contribution in [0.1, 0.15) is 6.42 Å². The van der Waals surface area contributed by atoms with Crippen molar-refractivity contribution in [3.05, 3.63) is 24.3 Å². The third-order valence-corrected chi connectivity index (χ3v) is 1.43. The SMILES string of the molecule is O=CCC1C=CC=CC1=O.